The molecule has 0 bridgehead atoms. The molecule has 0 spiro atoms. The molecule has 0 aliphatic carbocycles. The van der Waals surface area contributed by atoms with Crippen LogP contribution >= 0.6 is 11.6 Å². The average Bonchev–Trinajstić information content (AvgIpc) is 2.89. The van der Waals surface area contributed by atoms with Gasteiger partial charge in [-0.2, -0.15) is 5.10 Å². The van der Waals surface area contributed by atoms with Gasteiger partial charge in [0.25, 0.3) is 5.91 Å². The first-order valence-electron chi connectivity index (χ1n) is 11.2. The Kier molecular flexibility index (Phi) is 7.77. The number of phenolic OH excluding ortho intramolecular Hbond substituents is 1. The van der Waals surface area contributed by atoms with Crippen molar-refractivity contribution < 1.29 is 15.0 Å². The van der Waals surface area contributed by atoms with Gasteiger partial charge in [-0.05, 0) is 47.0 Å². The zero-order valence-electron chi connectivity index (χ0n) is 19.1. The van der Waals surface area contributed by atoms with E-state index in [0.29, 0.717) is 12.1 Å². The summed E-state index contributed by atoms with van der Waals surface area (Å²) in [4.78, 5) is 12.3. The van der Waals surface area contributed by atoms with Crippen LogP contribution < -0.4 is 10.7 Å². The van der Waals surface area contributed by atoms with Crippen molar-refractivity contribution in [2.24, 2.45) is 5.10 Å². The summed E-state index contributed by atoms with van der Waals surface area (Å²) in [6.07, 6.45) is 0.988. The van der Waals surface area contributed by atoms with Crippen LogP contribution in [0, 0.1) is 0 Å². The highest BCUT2D eigenvalue weighted by Crippen LogP contribution is 2.24. The van der Waals surface area contributed by atoms with Gasteiger partial charge in [-0.15, -0.1) is 0 Å². The van der Waals surface area contributed by atoms with Gasteiger partial charge in [0.15, 0.2) is 0 Å². The molecule has 35 heavy (non-hydrogen) atoms. The molecule has 0 radical (unpaired) electrons. The molecular formula is C28H26ClN3O3. The molecule has 0 fully saturated rings. The zero-order valence-corrected chi connectivity index (χ0v) is 19.9. The first kappa shape index (κ1) is 24.4. The maximum atomic E-state index is 12.3. The molecule has 4 N–H and O–H groups in total. The maximum absolute atomic E-state index is 12.3. The molecule has 0 aliphatic rings. The summed E-state index contributed by atoms with van der Waals surface area (Å²) in [7, 11) is 0. The van der Waals surface area contributed by atoms with Crippen LogP contribution in [0.2, 0.25) is 5.02 Å². The van der Waals surface area contributed by atoms with E-state index >= 15 is 0 Å². The number of aliphatic hydroxyl groups is 1. The average molecular weight is 488 g/mol. The molecule has 4 rings (SSSR count). The predicted molar refractivity (Wildman–Crippen MR) is 140 cm³/mol. The number of benzene rings is 4. The lowest BCUT2D eigenvalue weighted by molar-refractivity contribution is 0.0955. The van der Waals surface area contributed by atoms with E-state index in [0.717, 1.165) is 27.5 Å². The fraction of sp³-hybridized carbons (Fsp3) is 0.143. The van der Waals surface area contributed by atoms with Crippen LogP contribution in [0.1, 0.15) is 40.1 Å². The molecule has 0 saturated heterocycles. The first-order valence-corrected chi connectivity index (χ1v) is 11.6. The van der Waals surface area contributed by atoms with E-state index in [1.54, 1.807) is 6.21 Å². The van der Waals surface area contributed by atoms with Gasteiger partial charge in [-0.3, -0.25) is 4.79 Å². The van der Waals surface area contributed by atoms with Crippen LogP contribution in [-0.4, -0.2) is 28.4 Å². The third kappa shape index (κ3) is 5.87. The fourth-order valence-electron chi connectivity index (χ4n) is 3.85. The number of amides is 1. The van der Waals surface area contributed by atoms with Crippen LogP contribution in [0.4, 0.5) is 0 Å². The van der Waals surface area contributed by atoms with Crippen molar-refractivity contribution in [2.45, 2.75) is 25.6 Å². The topological polar surface area (TPSA) is 94.0 Å². The molecule has 6 nitrogen and oxygen atoms in total. The third-order valence-corrected chi connectivity index (χ3v) is 6.16. The second-order valence-electron chi connectivity index (χ2n) is 8.25. The van der Waals surface area contributed by atoms with Crippen molar-refractivity contribution in [3.8, 4) is 5.75 Å². The Morgan fingerprint density at radius 3 is 2.46 bits per heavy atom. The van der Waals surface area contributed by atoms with E-state index < -0.39 is 12.0 Å². The molecular weight excluding hydrogens is 462 g/mol. The Balaban J connectivity index is 1.46. The number of hydrazone groups is 1. The molecule has 0 saturated carbocycles. The summed E-state index contributed by atoms with van der Waals surface area (Å²) in [5.74, 6) is -0.518. The van der Waals surface area contributed by atoms with Gasteiger partial charge in [0.05, 0.1) is 17.3 Å². The number of aliphatic hydroxyl groups excluding tert-OH is 1. The van der Waals surface area contributed by atoms with Gasteiger partial charge < -0.3 is 15.5 Å². The Morgan fingerprint density at radius 2 is 1.71 bits per heavy atom. The Hall–Kier alpha value is -3.71. The van der Waals surface area contributed by atoms with Gasteiger partial charge in [0.2, 0.25) is 0 Å². The maximum Gasteiger partial charge on any atom is 0.271 e. The quantitative estimate of drug-likeness (QED) is 0.203. The summed E-state index contributed by atoms with van der Waals surface area (Å²) < 4.78 is 0. The van der Waals surface area contributed by atoms with Crippen molar-refractivity contribution in [2.75, 3.05) is 0 Å². The molecule has 0 heterocycles. The van der Waals surface area contributed by atoms with Gasteiger partial charge in [0.1, 0.15) is 5.75 Å². The van der Waals surface area contributed by atoms with E-state index in [9.17, 15) is 15.0 Å². The lowest BCUT2D eigenvalue weighted by atomic mass is 9.99. The molecule has 2 atom stereocenters. The van der Waals surface area contributed by atoms with Gasteiger partial charge >= 0.3 is 0 Å². The van der Waals surface area contributed by atoms with E-state index in [2.05, 4.69) is 15.8 Å². The number of carbonyl (C=O) groups is 1. The van der Waals surface area contributed by atoms with Crippen molar-refractivity contribution >= 4 is 34.5 Å². The van der Waals surface area contributed by atoms with Crippen molar-refractivity contribution in [1.29, 1.82) is 0 Å². The normalized spacial score (nSPS) is 13.1. The minimum absolute atomic E-state index is 0.0864. The molecule has 0 unspecified atom stereocenters. The number of hydrogen-bond donors (Lipinski definition) is 4. The zero-order chi connectivity index (χ0) is 24.8. The van der Waals surface area contributed by atoms with E-state index in [4.69, 9.17) is 11.6 Å². The Bertz CT molecular complexity index is 1360. The summed E-state index contributed by atoms with van der Waals surface area (Å²) in [6, 6.07) is 25.6. The number of aromatic hydroxyl groups is 1. The molecule has 1 amide bonds. The second kappa shape index (κ2) is 11.1. The number of hydrogen-bond acceptors (Lipinski definition) is 5. The van der Waals surface area contributed by atoms with Crippen LogP contribution in [0.15, 0.2) is 90.0 Å². The highest BCUT2D eigenvalue weighted by Gasteiger charge is 2.16. The molecule has 4 aromatic carbocycles. The van der Waals surface area contributed by atoms with E-state index in [1.807, 2.05) is 73.7 Å². The molecule has 0 aromatic heterocycles. The highest BCUT2D eigenvalue weighted by molar-refractivity contribution is 6.32. The summed E-state index contributed by atoms with van der Waals surface area (Å²) in [5, 5.41) is 29.8. The van der Waals surface area contributed by atoms with E-state index in [1.165, 1.54) is 18.2 Å². The lowest BCUT2D eigenvalue weighted by Crippen LogP contribution is -2.31. The second-order valence-corrected chi connectivity index (χ2v) is 8.66. The van der Waals surface area contributed by atoms with Crippen molar-refractivity contribution in [3.63, 3.8) is 0 Å². The molecule has 4 aromatic rings. The van der Waals surface area contributed by atoms with Gasteiger partial charge in [0, 0.05) is 23.7 Å². The molecule has 178 valence electrons. The lowest BCUT2D eigenvalue weighted by Gasteiger charge is -2.21. The fourth-order valence-corrected chi connectivity index (χ4v) is 4.03. The summed E-state index contributed by atoms with van der Waals surface area (Å²) >= 11 is 5.87. The SMILES string of the molecule is C[C@H](NCc1ccc(/C=N/NC(=O)c2ccc(O)c(Cl)c2)c2ccccc12)[C@H](O)c1ccccc1. The number of halogens is 1. The summed E-state index contributed by atoms with van der Waals surface area (Å²) in [6.45, 7) is 2.55. The van der Waals surface area contributed by atoms with Crippen molar-refractivity contribution in [3.05, 3.63) is 112 Å². The number of nitrogens with zero attached hydrogens (tertiary/aromatic N) is 1. The largest absolute Gasteiger partial charge is 0.506 e. The summed E-state index contributed by atoms with van der Waals surface area (Å²) in [5.41, 5.74) is 5.60. The number of nitrogens with one attached hydrogen (secondary N) is 2. The Labute approximate surface area is 208 Å². The van der Waals surface area contributed by atoms with Gasteiger partial charge in [-0.1, -0.05) is 78.3 Å². The monoisotopic (exact) mass is 487 g/mol. The minimum atomic E-state index is -0.610. The van der Waals surface area contributed by atoms with Crippen LogP contribution in [-0.2, 0) is 6.54 Å². The molecule has 7 heteroatoms. The third-order valence-electron chi connectivity index (χ3n) is 5.86. The highest BCUT2D eigenvalue weighted by atomic mass is 35.5. The van der Waals surface area contributed by atoms with Crippen LogP contribution in [0.5, 0.6) is 5.75 Å². The smallest absolute Gasteiger partial charge is 0.271 e. The standard InChI is InChI=1S/C28H26ClN3O3/c1-18(27(34)19-7-3-2-4-8-19)30-16-21-11-12-22(24-10-6-5-9-23(21)24)17-31-32-28(35)20-13-14-26(33)25(29)15-20/h2-15,17-18,27,30,33-34H,16H2,1H3,(H,32,35)/b31-17+/t18-,27-/m0/s1. The predicted octanol–water partition coefficient (Wildman–Crippen LogP) is 5.17. The van der Waals surface area contributed by atoms with Crippen LogP contribution in [0.3, 0.4) is 0 Å². The first-order chi connectivity index (χ1) is 16.9. The van der Waals surface area contributed by atoms with Crippen molar-refractivity contribution in [1.82, 2.24) is 10.7 Å². The van der Waals surface area contributed by atoms with Crippen LogP contribution in [0.25, 0.3) is 10.8 Å². The molecule has 0 aliphatic heterocycles. The minimum Gasteiger partial charge on any atom is -0.506 e. The number of rotatable bonds is 8. The number of phenols is 1. The Morgan fingerprint density at radius 1 is 1.00 bits per heavy atom. The van der Waals surface area contributed by atoms with Gasteiger partial charge in [-0.25, -0.2) is 5.43 Å². The number of carbonyl (C=O) groups excluding carboxylic acids is 1. The van der Waals surface area contributed by atoms with E-state index in [-0.39, 0.29) is 16.8 Å². The number of fused-ring (bicyclic) bond motifs is 1.